The molecule has 0 heterocycles. The smallest absolute Gasteiger partial charge is 0.233 e. The SMILES string of the molecule is CCN(CCO)C(=O)CSc1ccc(C)cc1. The molecule has 0 unspecified atom stereocenters. The third kappa shape index (κ3) is 4.79. The van der Waals surface area contributed by atoms with E-state index < -0.39 is 0 Å². The minimum Gasteiger partial charge on any atom is -0.395 e. The van der Waals surface area contributed by atoms with Crippen LogP contribution in [0.25, 0.3) is 0 Å². The molecule has 0 fully saturated rings. The molecule has 1 aromatic carbocycles. The normalized spacial score (nSPS) is 10.3. The molecular formula is C13H19NO2S. The van der Waals surface area contributed by atoms with Crippen molar-refractivity contribution in [1.82, 2.24) is 4.90 Å². The molecule has 0 aliphatic rings. The van der Waals surface area contributed by atoms with E-state index in [9.17, 15) is 4.79 Å². The largest absolute Gasteiger partial charge is 0.395 e. The van der Waals surface area contributed by atoms with Gasteiger partial charge in [0.05, 0.1) is 12.4 Å². The number of carbonyl (C=O) groups excluding carboxylic acids is 1. The van der Waals surface area contributed by atoms with E-state index in [-0.39, 0.29) is 12.5 Å². The summed E-state index contributed by atoms with van der Waals surface area (Å²) in [5.41, 5.74) is 1.22. The van der Waals surface area contributed by atoms with Gasteiger partial charge in [0.25, 0.3) is 0 Å². The van der Waals surface area contributed by atoms with Gasteiger partial charge in [-0.05, 0) is 26.0 Å². The maximum absolute atomic E-state index is 11.8. The first kappa shape index (κ1) is 14.1. The highest BCUT2D eigenvalue weighted by atomic mass is 32.2. The molecule has 4 heteroatoms. The summed E-state index contributed by atoms with van der Waals surface area (Å²) in [4.78, 5) is 14.6. The lowest BCUT2D eigenvalue weighted by molar-refractivity contribution is -0.128. The van der Waals surface area contributed by atoms with Crippen LogP contribution in [0.3, 0.4) is 0 Å². The maximum Gasteiger partial charge on any atom is 0.233 e. The number of aliphatic hydroxyl groups is 1. The summed E-state index contributed by atoms with van der Waals surface area (Å²) in [5.74, 6) is 0.504. The van der Waals surface area contributed by atoms with Crippen LogP contribution in [0.1, 0.15) is 12.5 Å². The van der Waals surface area contributed by atoms with E-state index in [0.29, 0.717) is 18.8 Å². The Bertz CT molecular complexity index is 351. The summed E-state index contributed by atoms with van der Waals surface area (Å²) in [6.07, 6.45) is 0. The average molecular weight is 253 g/mol. The molecule has 0 aliphatic carbocycles. The summed E-state index contributed by atoms with van der Waals surface area (Å²) in [5, 5.41) is 8.83. The standard InChI is InChI=1S/C13H19NO2S/c1-3-14(8-9-15)13(16)10-17-12-6-4-11(2)5-7-12/h4-7,15H,3,8-10H2,1-2H3. The van der Waals surface area contributed by atoms with Crippen LogP contribution in [0.2, 0.25) is 0 Å². The van der Waals surface area contributed by atoms with E-state index in [1.807, 2.05) is 38.1 Å². The van der Waals surface area contributed by atoms with Gasteiger partial charge in [-0.25, -0.2) is 0 Å². The first-order valence-corrected chi connectivity index (χ1v) is 6.74. The lowest BCUT2D eigenvalue weighted by Gasteiger charge is -2.19. The van der Waals surface area contributed by atoms with E-state index >= 15 is 0 Å². The van der Waals surface area contributed by atoms with Gasteiger partial charge >= 0.3 is 0 Å². The van der Waals surface area contributed by atoms with Gasteiger partial charge in [0, 0.05) is 18.0 Å². The predicted molar refractivity (Wildman–Crippen MR) is 71.2 cm³/mol. The minimum absolute atomic E-state index is 0.0226. The van der Waals surface area contributed by atoms with Crippen molar-refractivity contribution in [2.75, 3.05) is 25.4 Å². The molecule has 0 spiro atoms. The van der Waals surface area contributed by atoms with Gasteiger partial charge < -0.3 is 10.0 Å². The fourth-order valence-corrected chi connectivity index (χ4v) is 2.25. The van der Waals surface area contributed by atoms with Gasteiger partial charge in [0.15, 0.2) is 0 Å². The van der Waals surface area contributed by atoms with Gasteiger partial charge in [-0.3, -0.25) is 4.79 Å². The molecule has 0 aromatic heterocycles. The second-order valence-electron chi connectivity index (χ2n) is 3.80. The Balaban J connectivity index is 2.44. The molecule has 3 nitrogen and oxygen atoms in total. The Morgan fingerprint density at radius 3 is 2.53 bits per heavy atom. The van der Waals surface area contributed by atoms with Gasteiger partial charge in [-0.15, -0.1) is 11.8 Å². The highest BCUT2D eigenvalue weighted by Crippen LogP contribution is 2.18. The molecule has 0 radical (unpaired) electrons. The van der Waals surface area contributed by atoms with Crippen LogP contribution in [-0.4, -0.2) is 41.4 Å². The maximum atomic E-state index is 11.8. The average Bonchev–Trinajstić information content (AvgIpc) is 2.35. The van der Waals surface area contributed by atoms with E-state index in [0.717, 1.165) is 4.90 Å². The number of hydrogen-bond acceptors (Lipinski definition) is 3. The lowest BCUT2D eigenvalue weighted by Crippen LogP contribution is -2.34. The van der Waals surface area contributed by atoms with Crippen LogP contribution in [-0.2, 0) is 4.79 Å². The first-order valence-electron chi connectivity index (χ1n) is 5.75. The Morgan fingerprint density at radius 2 is 2.00 bits per heavy atom. The second kappa shape index (κ2) is 7.35. The predicted octanol–water partition coefficient (Wildman–Crippen LogP) is 1.93. The summed E-state index contributed by atoms with van der Waals surface area (Å²) >= 11 is 1.53. The Kier molecular flexibility index (Phi) is 6.08. The van der Waals surface area contributed by atoms with Crippen molar-refractivity contribution in [2.24, 2.45) is 0 Å². The number of likely N-dealkylation sites (N-methyl/N-ethyl adjacent to an activating group) is 1. The number of rotatable bonds is 6. The fraction of sp³-hybridized carbons (Fsp3) is 0.462. The highest BCUT2D eigenvalue weighted by Gasteiger charge is 2.10. The van der Waals surface area contributed by atoms with Crippen molar-refractivity contribution in [2.45, 2.75) is 18.7 Å². The van der Waals surface area contributed by atoms with E-state index in [1.165, 1.54) is 17.3 Å². The van der Waals surface area contributed by atoms with Crippen molar-refractivity contribution in [3.63, 3.8) is 0 Å². The number of thioether (sulfide) groups is 1. The van der Waals surface area contributed by atoms with Gasteiger partial charge in [0.1, 0.15) is 0 Å². The van der Waals surface area contributed by atoms with Crippen LogP contribution in [0.5, 0.6) is 0 Å². The van der Waals surface area contributed by atoms with Gasteiger partial charge in [-0.1, -0.05) is 17.7 Å². The molecule has 0 atom stereocenters. The number of aryl methyl sites for hydroxylation is 1. The highest BCUT2D eigenvalue weighted by molar-refractivity contribution is 8.00. The van der Waals surface area contributed by atoms with Crippen molar-refractivity contribution in [1.29, 1.82) is 0 Å². The molecular weight excluding hydrogens is 234 g/mol. The quantitative estimate of drug-likeness (QED) is 0.788. The van der Waals surface area contributed by atoms with Gasteiger partial charge in [-0.2, -0.15) is 0 Å². The van der Waals surface area contributed by atoms with E-state index in [1.54, 1.807) is 4.90 Å². The molecule has 17 heavy (non-hydrogen) atoms. The van der Waals surface area contributed by atoms with E-state index in [2.05, 4.69) is 0 Å². The molecule has 0 aliphatic heterocycles. The zero-order valence-electron chi connectivity index (χ0n) is 10.3. The molecule has 1 amide bonds. The molecule has 94 valence electrons. The molecule has 1 aromatic rings. The number of aliphatic hydroxyl groups excluding tert-OH is 1. The number of carbonyl (C=O) groups is 1. The monoisotopic (exact) mass is 253 g/mol. The zero-order chi connectivity index (χ0) is 12.7. The van der Waals surface area contributed by atoms with Crippen LogP contribution in [0.4, 0.5) is 0 Å². The topological polar surface area (TPSA) is 40.5 Å². The van der Waals surface area contributed by atoms with Crippen molar-refractivity contribution in [3.8, 4) is 0 Å². The molecule has 0 saturated carbocycles. The van der Waals surface area contributed by atoms with Crippen LogP contribution >= 0.6 is 11.8 Å². The van der Waals surface area contributed by atoms with Crippen LogP contribution in [0, 0.1) is 6.92 Å². The summed E-state index contributed by atoms with van der Waals surface area (Å²) < 4.78 is 0. The van der Waals surface area contributed by atoms with Gasteiger partial charge in [0.2, 0.25) is 5.91 Å². The first-order chi connectivity index (χ1) is 8.17. The van der Waals surface area contributed by atoms with Crippen LogP contribution in [0.15, 0.2) is 29.2 Å². The zero-order valence-corrected chi connectivity index (χ0v) is 11.2. The molecule has 1 rings (SSSR count). The summed E-state index contributed by atoms with van der Waals surface area (Å²) in [6, 6.07) is 8.13. The third-order valence-electron chi connectivity index (χ3n) is 2.49. The number of hydrogen-bond donors (Lipinski definition) is 1. The van der Waals surface area contributed by atoms with E-state index in [4.69, 9.17) is 5.11 Å². The van der Waals surface area contributed by atoms with Crippen molar-refractivity contribution in [3.05, 3.63) is 29.8 Å². The van der Waals surface area contributed by atoms with Crippen LogP contribution < -0.4 is 0 Å². The third-order valence-corrected chi connectivity index (χ3v) is 3.48. The molecule has 1 N–H and O–H groups in total. The fourth-order valence-electron chi connectivity index (χ4n) is 1.45. The lowest BCUT2D eigenvalue weighted by atomic mass is 10.2. The Labute approximate surface area is 107 Å². The van der Waals surface area contributed by atoms with Crippen molar-refractivity contribution >= 4 is 17.7 Å². The minimum atomic E-state index is 0.0226. The summed E-state index contributed by atoms with van der Waals surface area (Å²) in [7, 11) is 0. The molecule has 0 saturated heterocycles. The molecule has 0 bridgehead atoms. The Hall–Kier alpha value is -1.00. The number of nitrogens with zero attached hydrogens (tertiary/aromatic N) is 1. The van der Waals surface area contributed by atoms with Crippen molar-refractivity contribution < 1.29 is 9.90 Å². The Morgan fingerprint density at radius 1 is 1.35 bits per heavy atom. The summed E-state index contributed by atoms with van der Waals surface area (Å²) in [6.45, 7) is 5.05. The second-order valence-corrected chi connectivity index (χ2v) is 4.85. The number of benzene rings is 1. The number of amides is 1.